The predicted molar refractivity (Wildman–Crippen MR) is 84.4 cm³/mol. The number of carbonyl (C=O) groups is 1. The van der Waals surface area contributed by atoms with Gasteiger partial charge in [0, 0.05) is 14.2 Å². The molecule has 12 heteroatoms. The van der Waals surface area contributed by atoms with Gasteiger partial charge >= 0.3 is 18.4 Å². The summed E-state index contributed by atoms with van der Waals surface area (Å²) < 4.78 is 85.3. The SMILES string of the molecule is COCC(CC(F)(F)F)N1CC(I)N(C(COC)CC(F)(F)F)C1=O. The van der Waals surface area contributed by atoms with Gasteiger partial charge in [-0.15, -0.1) is 0 Å². The van der Waals surface area contributed by atoms with Crippen LogP contribution in [0.1, 0.15) is 12.8 Å². The maximum Gasteiger partial charge on any atom is 0.391 e. The van der Waals surface area contributed by atoms with Crippen LogP contribution in [0.2, 0.25) is 0 Å². The molecule has 3 atom stereocenters. The normalized spacial score (nSPS) is 21.8. The van der Waals surface area contributed by atoms with Gasteiger partial charge in [-0.25, -0.2) is 4.79 Å². The molecule has 1 aliphatic heterocycles. The minimum atomic E-state index is -4.54. The number of urea groups is 1. The first-order valence-electron chi connectivity index (χ1n) is 7.24. The van der Waals surface area contributed by atoms with Crippen LogP contribution in [0.4, 0.5) is 31.1 Å². The lowest BCUT2D eigenvalue weighted by Crippen LogP contribution is -2.48. The fraction of sp³-hybridized carbons (Fsp3) is 0.923. The van der Waals surface area contributed by atoms with Crippen LogP contribution in [0.5, 0.6) is 0 Å². The van der Waals surface area contributed by atoms with E-state index in [0.717, 1.165) is 9.80 Å². The monoisotopic (exact) mass is 492 g/mol. The van der Waals surface area contributed by atoms with E-state index in [1.54, 1.807) is 22.6 Å². The molecule has 1 heterocycles. The van der Waals surface area contributed by atoms with E-state index in [1.165, 1.54) is 14.2 Å². The van der Waals surface area contributed by atoms with Crippen LogP contribution >= 0.6 is 22.6 Å². The molecule has 1 saturated heterocycles. The maximum absolute atomic E-state index is 12.8. The molecule has 0 aromatic heterocycles. The fourth-order valence-corrected chi connectivity index (χ4v) is 3.82. The second kappa shape index (κ2) is 8.93. The summed E-state index contributed by atoms with van der Waals surface area (Å²) in [6.45, 7) is -0.856. The summed E-state index contributed by atoms with van der Waals surface area (Å²) in [7, 11) is 2.39. The van der Waals surface area contributed by atoms with Crippen molar-refractivity contribution in [1.29, 1.82) is 0 Å². The van der Waals surface area contributed by atoms with Gasteiger partial charge in [-0.3, -0.25) is 0 Å². The van der Waals surface area contributed by atoms with E-state index in [0.29, 0.717) is 0 Å². The molecule has 148 valence electrons. The Bertz CT molecular complexity index is 448. The Morgan fingerprint density at radius 2 is 1.48 bits per heavy atom. The number of hydrogen-bond donors (Lipinski definition) is 0. The number of hydrogen-bond acceptors (Lipinski definition) is 3. The van der Waals surface area contributed by atoms with Crippen molar-refractivity contribution >= 4 is 28.6 Å². The van der Waals surface area contributed by atoms with Crippen LogP contribution in [-0.4, -0.2) is 78.3 Å². The molecule has 0 aromatic rings. The number of ether oxygens (including phenoxy) is 2. The molecule has 0 aromatic carbocycles. The molecule has 0 N–H and O–H groups in total. The van der Waals surface area contributed by atoms with Crippen molar-refractivity contribution in [2.45, 2.75) is 41.3 Å². The predicted octanol–water partition coefficient (Wildman–Crippen LogP) is 3.42. The molecule has 0 bridgehead atoms. The van der Waals surface area contributed by atoms with Crippen molar-refractivity contribution in [3.05, 3.63) is 0 Å². The highest BCUT2D eigenvalue weighted by Gasteiger charge is 2.47. The van der Waals surface area contributed by atoms with Crippen molar-refractivity contribution in [2.75, 3.05) is 34.0 Å². The first-order chi connectivity index (χ1) is 11.4. The molecule has 1 aliphatic rings. The van der Waals surface area contributed by atoms with Crippen LogP contribution < -0.4 is 0 Å². The average Bonchev–Trinajstić information content (AvgIpc) is 2.70. The highest BCUT2D eigenvalue weighted by Crippen LogP contribution is 2.33. The van der Waals surface area contributed by atoms with Crippen molar-refractivity contribution in [3.63, 3.8) is 0 Å². The number of rotatable bonds is 8. The van der Waals surface area contributed by atoms with Gasteiger partial charge in [-0.1, -0.05) is 22.6 Å². The third-order valence-electron chi connectivity index (χ3n) is 3.60. The third kappa shape index (κ3) is 6.96. The van der Waals surface area contributed by atoms with Crippen LogP contribution in [-0.2, 0) is 9.47 Å². The van der Waals surface area contributed by atoms with Gasteiger partial charge in [-0.2, -0.15) is 26.3 Å². The Balaban J connectivity index is 2.99. The molecular weight excluding hydrogens is 473 g/mol. The number of alkyl halides is 7. The standard InChI is InChI=1S/C13H19F6IN2O3/c1-24-6-8(3-12(14,15)16)21-5-10(20)22(11(21)23)9(7-25-2)4-13(17,18)19/h8-10H,3-7H2,1-2H3. The van der Waals surface area contributed by atoms with E-state index in [1.807, 2.05) is 0 Å². The molecule has 0 saturated carbocycles. The second-order valence-electron chi connectivity index (χ2n) is 5.63. The van der Waals surface area contributed by atoms with E-state index >= 15 is 0 Å². The number of nitrogens with zero attached hydrogens (tertiary/aromatic N) is 2. The van der Waals surface area contributed by atoms with Gasteiger partial charge in [0.25, 0.3) is 0 Å². The smallest absolute Gasteiger partial charge is 0.383 e. The number of methoxy groups -OCH3 is 2. The van der Waals surface area contributed by atoms with Gasteiger partial charge in [0.15, 0.2) is 0 Å². The minimum absolute atomic E-state index is 0.123. The highest BCUT2D eigenvalue weighted by molar-refractivity contribution is 14.1. The largest absolute Gasteiger partial charge is 0.391 e. The van der Waals surface area contributed by atoms with Crippen LogP contribution in [0.3, 0.4) is 0 Å². The van der Waals surface area contributed by atoms with Gasteiger partial charge < -0.3 is 19.3 Å². The van der Waals surface area contributed by atoms with E-state index < -0.39 is 47.4 Å². The lowest BCUT2D eigenvalue weighted by molar-refractivity contribution is -0.148. The van der Waals surface area contributed by atoms with Crippen molar-refractivity contribution in [2.24, 2.45) is 0 Å². The van der Waals surface area contributed by atoms with Crippen LogP contribution in [0.25, 0.3) is 0 Å². The Labute approximate surface area is 154 Å². The summed E-state index contributed by atoms with van der Waals surface area (Å²) in [5, 5.41) is 0. The summed E-state index contributed by atoms with van der Waals surface area (Å²) in [5.41, 5.74) is 0. The third-order valence-corrected chi connectivity index (χ3v) is 4.60. The summed E-state index contributed by atoms with van der Waals surface area (Å²) in [6, 6.07) is -3.48. The molecule has 3 unspecified atom stereocenters. The number of halogens is 7. The molecule has 5 nitrogen and oxygen atoms in total. The average molecular weight is 492 g/mol. The Hall–Kier alpha value is -0.500. The van der Waals surface area contributed by atoms with Gasteiger partial charge in [0.1, 0.15) is 4.05 Å². The van der Waals surface area contributed by atoms with Crippen molar-refractivity contribution < 1.29 is 40.6 Å². The topological polar surface area (TPSA) is 42.0 Å². The summed E-state index contributed by atoms with van der Waals surface area (Å²) in [6.07, 6.45) is -11.7. The molecule has 0 aliphatic carbocycles. The first kappa shape index (κ1) is 22.5. The zero-order chi connectivity index (χ0) is 19.4. The van der Waals surface area contributed by atoms with E-state index in [-0.39, 0.29) is 19.8 Å². The Kier molecular flexibility index (Phi) is 8.05. The summed E-state index contributed by atoms with van der Waals surface area (Å²) in [4.78, 5) is 14.4. The molecular formula is C13H19F6IN2O3. The zero-order valence-electron chi connectivity index (χ0n) is 13.5. The molecule has 0 radical (unpaired) electrons. The Morgan fingerprint density at radius 3 is 1.92 bits per heavy atom. The molecule has 0 spiro atoms. The van der Waals surface area contributed by atoms with E-state index in [9.17, 15) is 31.1 Å². The van der Waals surface area contributed by atoms with Crippen molar-refractivity contribution in [1.82, 2.24) is 9.80 Å². The Morgan fingerprint density at radius 1 is 1.04 bits per heavy atom. The molecule has 2 amide bonds. The molecule has 1 fully saturated rings. The molecule has 1 rings (SSSR count). The molecule has 25 heavy (non-hydrogen) atoms. The summed E-state index contributed by atoms with van der Waals surface area (Å²) >= 11 is 1.75. The zero-order valence-corrected chi connectivity index (χ0v) is 15.7. The minimum Gasteiger partial charge on any atom is -0.383 e. The van der Waals surface area contributed by atoms with Gasteiger partial charge in [0.2, 0.25) is 0 Å². The lowest BCUT2D eigenvalue weighted by Gasteiger charge is -2.31. The maximum atomic E-state index is 12.8. The number of amides is 2. The second-order valence-corrected chi connectivity index (χ2v) is 7.07. The van der Waals surface area contributed by atoms with Crippen LogP contribution in [0, 0.1) is 0 Å². The lowest BCUT2D eigenvalue weighted by atomic mass is 10.2. The fourth-order valence-electron chi connectivity index (χ4n) is 2.70. The quantitative estimate of drug-likeness (QED) is 0.226. The first-order valence-corrected chi connectivity index (χ1v) is 8.48. The van der Waals surface area contributed by atoms with Crippen LogP contribution in [0.15, 0.2) is 0 Å². The number of carbonyl (C=O) groups excluding carboxylic acids is 1. The van der Waals surface area contributed by atoms with E-state index in [4.69, 9.17) is 9.47 Å². The summed E-state index contributed by atoms with van der Waals surface area (Å²) in [5.74, 6) is 0. The van der Waals surface area contributed by atoms with E-state index in [2.05, 4.69) is 0 Å². The van der Waals surface area contributed by atoms with Gasteiger partial charge in [-0.05, 0) is 0 Å². The van der Waals surface area contributed by atoms with Gasteiger partial charge in [0.05, 0.1) is 44.7 Å². The highest BCUT2D eigenvalue weighted by atomic mass is 127. The van der Waals surface area contributed by atoms with Crippen molar-refractivity contribution in [3.8, 4) is 0 Å².